The number of anilines is 1. The summed E-state index contributed by atoms with van der Waals surface area (Å²) in [6, 6.07) is 16.7. The van der Waals surface area contributed by atoms with Crippen molar-refractivity contribution in [2.45, 2.75) is 38.5 Å². The number of nitrogens with one attached hydrogen (secondary N) is 2. The Morgan fingerprint density at radius 1 is 0.979 bits per heavy atom. The third-order valence-corrected chi connectivity index (χ3v) is 8.71. The van der Waals surface area contributed by atoms with Crippen LogP contribution in [-0.4, -0.2) is 61.1 Å². The number of ether oxygens (including phenoxy) is 1. The molecule has 7 rings (SSSR count). The molecular formula is C35H35N9O3. The Hall–Kier alpha value is -5.70. The van der Waals surface area contributed by atoms with Crippen molar-refractivity contribution in [3.05, 3.63) is 90.6 Å². The predicted octanol–water partition coefficient (Wildman–Crippen LogP) is 4.49. The lowest BCUT2D eigenvalue weighted by atomic mass is 10.0. The third-order valence-electron chi connectivity index (χ3n) is 8.71. The minimum absolute atomic E-state index is 0.0273. The van der Waals surface area contributed by atoms with E-state index in [2.05, 4.69) is 31.8 Å². The monoisotopic (exact) mass is 629 g/mol. The smallest absolute Gasteiger partial charge is 0.408 e. The number of carbonyl (C=O) groups is 2. The van der Waals surface area contributed by atoms with Crippen molar-refractivity contribution in [1.82, 2.24) is 35.0 Å². The normalized spacial score (nSPS) is 19.1. The van der Waals surface area contributed by atoms with Gasteiger partial charge in [-0.1, -0.05) is 30.3 Å². The lowest BCUT2D eigenvalue weighted by Crippen LogP contribution is -2.44. The van der Waals surface area contributed by atoms with Crippen molar-refractivity contribution in [3.63, 3.8) is 0 Å². The fraction of sp³-hybridized carbons (Fsp3) is 0.314. The number of nitriles is 1. The van der Waals surface area contributed by atoms with Crippen LogP contribution in [0.4, 0.5) is 10.6 Å². The quantitative estimate of drug-likeness (QED) is 0.268. The molecule has 5 aromatic rings. The Bertz CT molecular complexity index is 1990. The third kappa shape index (κ3) is 6.00. The molecule has 47 heavy (non-hydrogen) atoms. The molecular weight excluding hydrogens is 594 g/mol. The van der Waals surface area contributed by atoms with Crippen LogP contribution in [0.5, 0.6) is 0 Å². The first-order chi connectivity index (χ1) is 22.6. The number of benzene rings is 1. The van der Waals surface area contributed by atoms with E-state index < -0.39 is 17.7 Å². The Morgan fingerprint density at radius 2 is 1.74 bits per heavy atom. The highest BCUT2D eigenvalue weighted by molar-refractivity contribution is 5.88. The van der Waals surface area contributed by atoms with E-state index in [-0.39, 0.29) is 11.9 Å². The largest absolute Gasteiger partial charge is 0.444 e. The van der Waals surface area contributed by atoms with E-state index in [1.54, 1.807) is 42.4 Å². The van der Waals surface area contributed by atoms with Crippen LogP contribution < -0.4 is 15.5 Å². The number of amides is 2. The number of pyridine rings is 2. The number of hydrogen-bond donors (Lipinski definition) is 2. The van der Waals surface area contributed by atoms with Gasteiger partial charge >= 0.3 is 6.09 Å². The van der Waals surface area contributed by atoms with E-state index in [4.69, 9.17) is 9.72 Å². The van der Waals surface area contributed by atoms with Crippen LogP contribution >= 0.6 is 0 Å². The lowest BCUT2D eigenvalue weighted by molar-refractivity contribution is -0.123. The topological polar surface area (TPSA) is 142 Å². The highest BCUT2D eigenvalue weighted by atomic mass is 16.6. The maximum Gasteiger partial charge on any atom is 0.408 e. The lowest BCUT2D eigenvalue weighted by Gasteiger charge is -2.25. The van der Waals surface area contributed by atoms with E-state index in [0.29, 0.717) is 23.0 Å². The molecule has 1 unspecified atom stereocenters. The number of hydrogen-bond acceptors (Lipinski definition) is 8. The van der Waals surface area contributed by atoms with Crippen molar-refractivity contribution >= 4 is 23.3 Å². The summed E-state index contributed by atoms with van der Waals surface area (Å²) < 4.78 is 8.91. The van der Waals surface area contributed by atoms with Crippen LogP contribution in [-0.2, 0) is 16.6 Å². The van der Waals surface area contributed by atoms with Crippen LogP contribution in [0.15, 0.2) is 79.5 Å². The van der Waals surface area contributed by atoms with E-state index in [9.17, 15) is 14.9 Å². The van der Waals surface area contributed by atoms with Crippen LogP contribution in [0, 0.1) is 23.2 Å². The molecule has 4 atom stereocenters. The van der Waals surface area contributed by atoms with Crippen molar-refractivity contribution in [1.29, 1.82) is 5.26 Å². The molecule has 2 fully saturated rings. The molecule has 1 aliphatic heterocycles. The summed E-state index contributed by atoms with van der Waals surface area (Å²) in [4.78, 5) is 33.1. The van der Waals surface area contributed by atoms with Gasteiger partial charge in [0.25, 0.3) is 0 Å². The molecule has 1 aromatic carbocycles. The number of nitrogens with zero attached hydrogens (tertiary/aromatic N) is 7. The van der Waals surface area contributed by atoms with Gasteiger partial charge in [-0.2, -0.15) is 15.5 Å². The van der Waals surface area contributed by atoms with Gasteiger partial charge in [-0.25, -0.2) is 14.3 Å². The summed E-state index contributed by atoms with van der Waals surface area (Å²) in [6.07, 6.45) is 8.42. The summed E-state index contributed by atoms with van der Waals surface area (Å²) in [5.74, 6) is 1.18. The maximum atomic E-state index is 13.4. The van der Waals surface area contributed by atoms with Gasteiger partial charge in [0.1, 0.15) is 23.5 Å². The minimum Gasteiger partial charge on any atom is -0.444 e. The van der Waals surface area contributed by atoms with Crippen LogP contribution in [0.3, 0.4) is 0 Å². The number of aromatic nitrogens is 5. The standard InChI is InChI=1S/C35H35N9O3/c1-35(2,3)47-34(46)41-30(21-8-6-5-7-9-21)33(45)40-31-27-19-43(20-28(27)31)29-11-10-22(14-37-29)26-12-23(25-16-38-42(4)17-25)18-44-32(26)24(13-36)15-39-44/h5-12,14-18,27-28,30-31H,19-20H2,1-4H3,(H,40,45)(H,41,46)/t27-,28+,30?,31+. The average Bonchev–Trinajstić information content (AvgIpc) is 3.50. The Balaban J connectivity index is 1.04. The molecule has 2 aliphatic rings. The second-order valence-corrected chi connectivity index (χ2v) is 13.2. The molecule has 12 nitrogen and oxygen atoms in total. The van der Waals surface area contributed by atoms with Crippen molar-refractivity contribution in [3.8, 4) is 28.3 Å². The molecule has 1 saturated heterocycles. The SMILES string of the molecule is Cn1cc(-c2cc(-c3ccc(N4C[C@@H]5[C@H](C4)[C@H]5NC(=O)C(NC(=O)OC(C)(C)C)c4ccccc4)nc3)c3c(C#N)cnn3c2)cn1. The highest BCUT2D eigenvalue weighted by Crippen LogP contribution is 2.47. The average molecular weight is 630 g/mol. The Labute approximate surface area is 272 Å². The molecule has 2 amide bonds. The molecule has 0 spiro atoms. The first kappa shape index (κ1) is 30.0. The number of fused-ring (bicyclic) bond motifs is 2. The zero-order valence-corrected chi connectivity index (χ0v) is 26.6. The zero-order chi connectivity index (χ0) is 32.9. The first-order valence-corrected chi connectivity index (χ1v) is 15.5. The highest BCUT2D eigenvalue weighted by Gasteiger charge is 2.57. The van der Waals surface area contributed by atoms with E-state index in [1.165, 1.54) is 0 Å². The van der Waals surface area contributed by atoms with Gasteiger partial charge in [-0.3, -0.25) is 9.48 Å². The molecule has 238 valence electrons. The molecule has 5 heterocycles. The Kier molecular flexibility index (Phi) is 7.39. The summed E-state index contributed by atoms with van der Waals surface area (Å²) >= 11 is 0. The summed E-state index contributed by atoms with van der Waals surface area (Å²) in [7, 11) is 1.87. The first-order valence-electron chi connectivity index (χ1n) is 15.5. The predicted molar refractivity (Wildman–Crippen MR) is 175 cm³/mol. The van der Waals surface area contributed by atoms with Crippen molar-refractivity contribution < 1.29 is 14.3 Å². The molecule has 2 N–H and O–H groups in total. The fourth-order valence-electron chi connectivity index (χ4n) is 6.43. The fourth-order valence-corrected chi connectivity index (χ4v) is 6.43. The van der Waals surface area contributed by atoms with Gasteiger partial charge in [-0.05, 0) is 44.5 Å². The van der Waals surface area contributed by atoms with E-state index >= 15 is 0 Å². The van der Waals surface area contributed by atoms with Gasteiger partial charge in [0.05, 0.1) is 23.5 Å². The van der Waals surface area contributed by atoms with Gasteiger partial charge < -0.3 is 20.3 Å². The van der Waals surface area contributed by atoms with E-state index in [0.717, 1.165) is 46.7 Å². The number of aryl methyl sites for hydroxylation is 1. The molecule has 4 aromatic heterocycles. The minimum atomic E-state index is -0.863. The van der Waals surface area contributed by atoms with Crippen molar-refractivity contribution in [2.75, 3.05) is 18.0 Å². The Morgan fingerprint density at radius 3 is 2.38 bits per heavy atom. The van der Waals surface area contributed by atoms with Gasteiger partial charge in [0.15, 0.2) is 0 Å². The van der Waals surface area contributed by atoms with Crippen LogP contribution in [0.1, 0.15) is 37.9 Å². The second-order valence-electron chi connectivity index (χ2n) is 13.2. The van der Waals surface area contributed by atoms with Gasteiger partial charge in [-0.15, -0.1) is 0 Å². The summed E-state index contributed by atoms with van der Waals surface area (Å²) in [5.41, 5.74) is 4.84. The molecule has 12 heteroatoms. The second kappa shape index (κ2) is 11.6. The number of piperidine rings is 1. The van der Waals surface area contributed by atoms with Crippen molar-refractivity contribution in [2.24, 2.45) is 18.9 Å². The maximum absolute atomic E-state index is 13.4. The molecule has 0 bridgehead atoms. The zero-order valence-electron chi connectivity index (χ0n) is 26.6. The van der Waals surface area contributed by atoms with Gasteiger partial charge in [0, 0.05) is 78.9 Å². The number of rotatable bonds is 7. The summed E-state index contributed by atoms with van der Waals surface area (Å²) in [5, 5.41) is 24.4. The number of alkyl carbamates (subject to hydrolysis) is 1. The number of carbonyl (C=O) groups excluding carboxylic acids is 2. The summed E-state index contributed by atoms with van der Waals surface area (Å²) in [6.45, 7) is 6.88. The van der Waals surface area contributed by atoms with E-state index in [1.807, 2.05) is 74.2 Å². The molecule has 1 aliphatic carbocycles. The molecule has 1 saturated carbocycles. The molecule has 0 radical (unpaired) electrons. The van der Waals surface area contributed by atoms with Crippen LogP contribution in [0.25, 0.3) is 27.8 Å². The van der Waals surface area contributed by atoms with Gasteiger partial charge in [0.2, 0.25) is 5.91 Å². The van der Waals surface area contributed by atoms with Crippen LogP contribution in [0.2, 0.25) is 0 Å².